The van der Waals surface area contributed by atoms with Crippen molar-refractivity contribution < 1.29 is 19.7 Å². The van der Waals surface area contributed by atoms with E-state index in [4.69, 9.17) is 4.74 Å². The number of benzene rings is 1. The van der Waals surface area contributed by atoms with Crippen LogP contribution in [0.3, 0.4) is 0 Å². The second kappa shape index (κ2) is 6.51. The summed E-state index contributed by atoms with van der Waals surface area (Å²) in [7, 11) is 0. The van der Waals surface area contributed by atoms with E-state index in [0.29, 0.717) is 11.8 Å². The number of nitrogens with zero attached hydrogens (tertiary/aromatic N) is 1. The Morgan fingerprint density at radius 1 is 1.17 bits per heavy atom. The molecule has 2 aliphatic heterocycles. The van der Waals surface area contributed by atoms with Gasteiger partial charge in [-0.1, -0.05) is 26.8 Å². The maximum Gasteiger partial charge on any atom is 0.166 e. The third-order valence-electron chi connectivity index (χ3n) is 12.9. The summed E-state index contributed by atoms with van der Waals surface area (Å²) in [5.74, 6) is 1.56. The highest BCUT2D eigenvalue weighted by molar-refractivity contribution is 5.87. The Morgan fingerprint density at radius 2 is 1.89 bits per heavy atom. The smallest absolute Gasteiger partial charge is 0.166 e. The molecule has 196 valence electrons. The average Bonchev–Trinajstić information content (AvgIpc) is 3.55. The molecule has 0 radical (unpaired) electrons. The Kier molecular flexibility index (Phi) is 4.25. The molecule has 7 aliphatic rings. The van der Waals surface area contributed by atoms with Gasteiger partial charge in [0.05, 0.1) is 11.0 Å². The molecule has 1 aromatic rings. The number of phenols is 1. The van der Waals surface area contributed by atoms with E-state index in [2.05, 4.69) is 38.7 Å². The van der Waals surface area contributed by atoms with E-state index >= 15 is 0 Å². The molecule has 4 bridgehead atoms. The summed E-state index contributed by atoms with van der Waals surface area (Å²) in [5, 5.41) is 23.5. The number of rotatable bonds is 4. The summed E-state index contributed by atoms with van der Waals surface area (Å²) in [6.07, 6.45) is 7.18. The van der Waals surface area contributed by atoms with Crippen molar-refractivity contribution in [2.45, 2.75) is 109 Å². The summed E-state index contributed by atoms with van der Waals surface area (Å²) >= 11 is 0. The van der Waals surface area contributed by atoms with Crippen LogP contribution in [0.2, 0.25) is 0 Å². The highest BCUT2D eigenvalue weighted by atomic mass is 16.5. The van der Waals surface area contributed by atoms with Crippen molar-refractivity contribution in [1.29, 1.82) is 0 Å². The standard InChI is InChI=1S/C31H43NO4/c1-18(33)30-12-11-29(16-22(30)27(5,35)26(2,3)4)23-15-20-9-10-21(34)25-24(20)31(29,28(30,6)36-25)13-14-32(23)17-19-7-8-19/h9-10,19,22-23,34-35H,7-8,11-17H2,1-6H3/t22-,23-,27?,28-,29-,30-,31+/m1/s1. The number of ketones is 1. The maximum atomic E-state index is 14.1. The number of phenolic OH excluding ortho intramolecular Hbond substituents is 1. The maximum absolute atomic E-state index is 14.1. The van der Waals surface area contributed by atoms with Crippen LogP contribution >= 0.6 is 0 Å². The Labute approximate surface area is 215 Å². The molecule has 4 saturated carbocycles. The van der Waals surface area contributed by atoms with E-state index in [9.17, 15) is 15.0 Å². The zero-order valence-electron chi connectivity index (χ0n) is 22.9. The first-order valence-electron chi connectivity index (χ1n) is 14.3. The zero-order chi connectivity index (χ0) is 25.7. The summed E-state index contributed by atoms with van der Waals surface area (Å²) in [4.78, 5) is 16.8. The molecule has 0 amide bonds. The molecule has 0 aromatic heterocycles. The number of hydrogen-bond donors (Lipinski definition) is 2. The minimum absolute atomic E-state index is 0.0853. The molecule has 1 aromatic carbocycles. The first-order valence-corrected chi connectivity index (χ1v) is 14.3. The summed E-state index contributed by atoms with van der Waals surface area (Å²) < 4.78 is 7.06. The number of fused-ring (bicyclic) bond motifs is 2. The first-order chi connectivity index (χ1) is 16.8. The fraction of sp³-hybridized carbons (Fsp3) is 0.774. The Bertz CT molecular complexity index is 1180. The van der Waals surface area contributed by atoms with Crippen molar-refractivity contribution in [2.24, 2.45) is 28.1 Å². The number of likely N-dealkylation sites (tertiary alicyclic amines) is 1. The lowest BCUT2D eigenvalue weighted by molar-refractivity contribution is -0.304. The first kappa shape index (κ1) is 23.5. The monoisotopic (exact) mass is 493 g/mol. The molecule has 5 nitrogen and oxygen atoms in total. The van der Waals surface area contributed by atoms with E-state index in [1.54, 1.807) is 13.0 Å². The van der Waals surface area contributed by atoms with Gasteiger partial charge in [0.2, 0.25) is 0 Å². The number of ether oxygens (including phenoxy) is 1. The summed E-state index contributed by atoms with van der Waals surface area (Å²) in [6, 6.07) is 4.30. The van der Waals surface area contributed by atoms with Gasteiger partial charge in [-0.2, -0.15) is 0 Å². The predicted octanol–water partition coefficient (Wildman–Crippen LogP) is 4.99. The fourth-order valence-corrected chi connectivity index (χ4v) is 10.6. The van der Waals surface area contributed by atoms with Crippen LogP contribution in [-0.2, 0) is 16.6 Å². The van der Waals surface area contributed by atoms with Gasteiger partial charge in [0.15, 0.2) is 11.5 Å². The van der Waals surface area contributed by atoms with Gasteiger partial charge in [0.25, 0.3) is 0 Å². The van der Waals surface area contributed by atoms with Crippen LogP contribution < -0.4 is 4.74 Å². The van der Waals surface area contributed by atoms with Gasteiger partial charge in [-0.15, -0.1) is 0 Å². The van der Waals surface area contributed by atoms with Gasteiger partial charge in [0, 0.05) is 34.9 Å². The van der Waals surface area contributed by atoms with Crippen molar-refractivity contribution in [3.8, 4) is 11.5 Å². The number of carbonyl (C=O) groups excluding carboxylic acids is 1. The molecule has 36 heavy (non-hydrogen) atoms. The molecule has 5 aliphatic carbocycles. The minimum Gasteiger partial charge on any atom is -0.504 e. The minimum atomic E-state index is -1.05. The lowest BCUT2D eigenvalue weighted by atomic mass is 9.27. The molecular formula is C31H43NO4. The molecule has 7 atom stereocenters. The van der Waals surface area contributed by atoms with Gasteiger partial charge >= 0.3 is 0 Å². The second-order valence-corrected chi connectivity index (χ2v) is 14.7. The largest absolute Gasteiger partial charge is 0.504 e. The second-order valence-electron chi connectivity index (χ2n) is 14.7. The third kappa shape index (κ3) is 2.24. The number of carbonyl (C=O) groups is 1. The Balaban J connectivity index is 1.54. The summed E-state index contributed by atoms with van der Waals surface area (Å²) in [5.41, 5.74) is -0.962. The van der Waals surface area contributed by atoms with Crippen molar-refractivity contribution >= 4 is 5.78 Å². The zero-order valence-corrected chi connectivity index (χ0v) is 22.9. The quantitative estimate of drug-likeness (QED) is 0.618. The lowest BCUT2D eigenvalue weighted by Gasteiger charge is -2.78. The topological polar surface area (TPSA) is 70.0 Å². The van der Waals surface area contributed by atoms with Gasteiger partial charge < -0.3 is 14.9 Å². The van der Waals surface area contributed by atoms with E-state index in [-0.39, 0.29) is 28.3 Å². The van der Waals surface area contributed by atoms with Crippen molar-refractivity contribution in [3.05, 3.63) is 23.3 Å². The van der Waals surface area contributed by atoms with Gasteiger partial charge in [0.1, 0.15) is 11.4 Å². The molecule has 2 N–H and O–H groups in total. The predicted molar refractivity (Wildman–Crippen MR) is 138 cm³/mol. The number of piperidine rings is 1. The van der Waals surface area contributed by atoms with E-state index in [1.165, 1.54) is 30.5 Å². The molecule has 1 unspecified atom stereocenters. The van der Waals surface area contributed by atoms with Crippen LogP contribution in [0.5, 0.6) is 11.5 Å². The SMILES string of the molecule is CC(=O)[C@]12CC[C@@]3(C[C@@H]1C(C)(O)C(C)(C)C)[C@H]1Cc4ccc(O)c5c4[C@@]3(CCN1CC1CC1)[C@]2(C)O5. The van der Waals surface area contributed by atoms with E-state index in [0.717, 1.165) is 44.6 Å². The number of aliphatic hydroxyl groups is 1. The van der Waals surface area contributed by atoms with Crippen LogP contribution in [0, 0.1) is 28.1 Å². The number of Topliss-reactive ketones (excluding diaryl/α,β-unsaturated/α-hetero) is 1. The van der Waals surface area contributed by atoms with Crippen molar-refractivity contribution in [1.82, 2.24) is 4.90 Å². The van der Waals surface area contributed by atoms with Crippen LogP contribution in [0.15, 0.2) is 12.1 Å². The Hall–Kier alpha value is -1.59. The molecular weight excluding hydrogens is 450 g/mol. The lowest BCUT2D eigenvalue weighted by Crippen LogP contribution is -2.85. The van der Waals surface area contributed by atoms with Gasteiger partial charge in [-0.05, 0) is 95.2 Å². The van der Waals surface area contributed by atoms with Gasteiger partial charge in [-0.25, -0.2) is 0 Å². The normalized spacial score (nSPS) is 44.1. The van der Waals surface area contributed by atoms with Crippen LogP contribution in [0.25, 0.3) is 0 Å². The highest BCUT2D eigenvalue weighted by Gasteiger charge is 2.87. The van der Waals surface area contributed by atoms with E-state index in [1.807, 2.05) is 6.92 Å². The van der Waals surface area contributed by atoms with Crippen LogP contribution in [-0.4, -0.2) is 51.2 Å². The molecule has 5 heteroatoms. The third-order valence-corrected chi connectivity index (χ3v) is 12.9. The Morgan fingerprint density at radius 3 is 2.53 bits per heavy atom. The van der Waals surface area contributed by atoms with E-state index < -0.39 is 22.0 Å². The van der Waals surface area contributed by atoms with Crippen molar-refractivity contribution in [3.63, 3.8) is 0 Å². The molecule has 2 heterocycles. The van der Waals surface area contributed by atoms with Crippen molar-refractivity contribution in [2.75, 3.05) is 13.1 Å². The molecule has 8 rings (SSSR count). The van der Waals surface area contributed by atoms with Crippen LogP contribution in [0.4, 0.5) is 0 Å². The van der Waals surface area contributed by atoms with Gasteiger partial charge in [-0.3, -0.25) is 9.69 Å². The highest BCUT2D eigenvalue weighted by Crippen LogP contribution is 2.83. The fourth-order valence-electron chi connectivity index (χ4n) is 10.6. The molecule has 5 fully saturated rings. The van der Waals surface area contributed by atoms with Crippen LogP contribution in [0.1, 0.15) is 91.2 Å². The number of aromatic hydroxyl groups is 1. The average molecular weight is 494 g/mol. The summed E-state index contributed by atoms with van der Waals surface area (Å²) in [6.45, 7) is 14.4. The number of hydrogen-bond acceptors (Lipinski definition) is 5. The molecule has 1 saturated heterocycles. The molecule has 2 spiro atoms.